The molecule has 29 heavy (non-hydrogen) atoms. The number of benzene rings is 1. The van der Waals surface area contributed by atoms with Gasteiger partial charge in [0.25, 0.3) is 5.91 Å². The minimum Gasteiger partial charge on any atom is -0.449 e. The van der Waals surface area contributed by atoms with Gasteiger partial charge in [-0.1, -0.05) is 35.9 Å². The molecular formula is C21H17ClN2O5. The maximum atomic E-state index is 12.3. The maximum absolute atomic E-state index is 12.3. The lowest BCUT2D eigenvalue weighted by molar-refractivity contribution is -0.123. The Balaban J connectivity index is 1.62. The SMILES string of the molecule is CC(=O)c1ccc(-c2ccc(C(=O)O[C@@H](C)C(=O)Nc3ccc(Cl)cn3)o2)cc1. The molecule has 0 aliphatic rings. The summed E-state index contributed by atoms with van der Waals surface area (Å²) in [5.41, 5.74) is 1.28. The molecular weight excluding hydrogens is 396 g/mol. The fraction of sp³-hybridized carbons (Fsp3) is 0.143. The van der Waals surface area contributed by atoms with E-state index in [4.69, 9.17) is 20.8 Å². The van der Waals surface area contributed by atoms with Crippen LogP contribution in [0.2, 0.25) is 5.02 Å². The molecule has 1 N–H and O–H groups in total. The van der Waals surface area contributed by atoms with Crippen LogP contribution in [0.15, 0.2) is 59.1 Å². The van der Waals surface area contributed by atoms with Gasteiger partial charge >= 0.3 is 5.97 Å². The van der Waals surface area contributed by atoms with Gasteiger partial charge in [0, 0.05) is 17.3 Å². The number of rotatable bonds is 6. The normalized spacial score (nSPS) is 11.6. The van der Waals surface area contributed by atoms with Crippen LogP contribution in [-0.2, 0) is 9.53 Å². The zero-order valence-corrected chi connectivity index (χ0v) is 16.4. The van der Waals surface area contributed by atoms with Crippen molar-refractivity contribution in [1.29, 1.82) is 0 Å². The van der Waals surface area contributed by atoms with Gasteiger partial charge in [-0.25, -0.2) is 9.78 Å². The number of carbonyl (C=O) groups excluding carboxylic acids is 3. The molecule has 1 amide bonds. The van der Waals surface area contributed by atoms with Gasteiger partial charge < -0.3 is 14.5 Å². The van der Waals surface area contributed by atoms with E-state index in [1.165, 1.54) is 32.2 Å². The largest absolute Gasteiger partial charge is 0.449 e. The first-order valence-corrected chi connectivity index (χ1v) is 9.06. The fourth-order valence-corrected chi connectivity index (χ4v) is 2.53. The minimum absolute atomic E-state index is 0.0404. The molecule has 3 aromatic rings. The number of ketones is 1. The molecule has 0 fully saturated rings. The molecule has 0 saturated carbocycles. The number of Topliss-reactive ketones (excluding diaryl/α,β-unsaturated/α-hetero) is 1. The van der Waals surface area contributed by atoms with Crippen molar-refractivity contribution in [3.8, 4) is 11.3 Å². The average molecular weight is 413 g/mol. The van der Waals surface area contributed by atoms with Crippen molar-refractivity contribution in [3.05, 3.63) is 71.1 Å². The van der Waals surface area contributed by atoms with Crippen molar-refractivity contribution in [2.24, 2.45) is 0 Å². The maximum Gasteiger partial charge on any atom is 0.375 e. The topological polar surface area (TPSA) is 98.5 Å². The summed E-state index contributed by atoms with van der Waals surface area (Å²) in [5, 5.41) is 2.96. The van der Waals surface area contributed by atoms with Crippen molar-refractivity contribution in [2.45, 2.75) is 20.0 Å². The van der Waals surface area contributed by atoms with E-state index >= 15 is 0 Å². The predicted octanol–water partition coefficient (Wildman–Crippen LogP) is 4.38. The number of halogens is 1. The number of carbonyl (C=O) groups is 3. The summed E-state index contributed by atoms with van der Waals surface area (Å²) in [4.78, 5) is 39.7. The number of anilines is 1. The first-order valence-electron chi connectivity index (χ1n) is 8.68. The van der Waals surface area contributed by atoms with Gasteiger partial charge in [-0.05, 0) is 38.1 Å². The number of nitrogens with zero attached hydrogens (tertiary/aromatic N) is 1. The van der Waals surface area contributed by atoms with Crippen molar-refractivity contribution in [2.75, 3.05) is 5.32 Å². The lowest BCUT2D eigenvalue weighted by atomic mass is 10.1. The molecule has 1 aromatic carbocycles. The van der Waals surface area contributed by atoms with Gasteiger partial charge in [-0.2, -0.15) is 0 Å². The van der Waals surface area contributed by atoms with Gasteiger partial charge in [0.2, 0.25) is 5.76 Å². The first-order chi connectivity index (χ1) is 13.8. The minimum atomic E-state index is -1.07. The molecule has 0 radical (unpaired) electrons. The number of nitrogens with one attached hydrogen (secondary N) is 1. The molecule has 0 aliphatic carbocycles. The molecule has 2 heterocycles. The van der Waals surface area contributed by atoms with Gasteiger partial charge in [-0.3, -0.25) is 9.59 Å². The highest BCUT2D eigenvalue weighted by Crippen LogP contribution is 2.23. The number of amides is 1. The van der Waals surface area contributed by atoms with Gasteiger partial charge in [0.15, 0.2) is 11.9 Å². The highest BCUT2D eigenvalue weighted by atomic mass is 35.5. The molecule has 3 rings (SSSR count). The second kappa shape index (κ2) is 8.70. The number of esters is 1. The van der Waals surface area contributed by atoms with Crippen LogP contribution in [0.4, 0.5) is 5.82 Å². The summed E-state index contributed by atoms with van der Waals surface area (Å²) in [6, 6.07) is 13.0. The van der Waals surface area contributed by atoms with Gasteiger partial charge in [-0.15, -0.1) is 0 Å². The van der Waals surface area contributed by atoms with Crippen molar-refractivity contribution >= 4 is 35.1 Å². The van der Waals surface area contributed by atoms with E-state index in [0.29, 0.717) is 21.9 Å². The van der Waals surface area contributed by atoms with E-state index < -0.39 is 18.0 Å². The van der Waals surface area contributed by atoms with E-state index in [2.05, 4.69) is 10.3 Å². The molecule has 148 valence electrons. The summed E-state index contributed by atoms with van der Waals surface area (Å²) in [6.07, 6.45) is 0.324. The molecule has 7 nitrogen and oxygen atoms in total. The number of ether oxygens (including phenoxy) is 1. The third-order valence-electron chi connectivity index (χ3n) is 4.01. The number of furan rings is 1. The summed E-state index contributed by atoms with van der Waals surface area (Å²) in [6.45, 7) is 2.92. The number of aromatic nitrogens is 1. The number of hydrogen-bond donors (Lipinski definition) is 1. The predicted molar refractivity (Wildman–Crippen MR) is 107 cm³/mol. The Hall–Kier alpha value is -3.45. The monoisotopic (exact) mass is 412 g/mol. The lowest BCUT2D eigenvalue weighted by Gasteiger charge is -2.12. The fourth-order valence-electron chi connectivity index (χ4n) is 2.42. The highest BCUT2D eigenvalue weighted by Gasteiger charge is 2.22. The smallest absolute Gasteiger partial charge is 0.375 e. The van der Waals surface area contributed by atoms with Crippen LogP contribution in [0.25, 0.3) is 11.3 Å². The molecule has 0 saturated heterocycles. The van der Waals surface area contributed by atoms with Crippen LogP contribution in [-0.4, -0.2) is 28.7 Å². The zero-order valence-electron chi connectivity index (χ0n) is 15.6. The molecule has 2 aromatic heterocycles. The van der Waals surface area contributed by atoms with E-state index in [0.717, 1.165) is 0 Å². The number of pyridine rings is 1. The van der Waals surface area contributed by atoms with E-state index in [9.17, 15) is 14.4 Å². The van der Waals surface area contributed by atoms with Crippen LogP contribution in [0.1, 0.15) is 34.8 Å². The molecule has 0 spiro atoms. The summed E-state index contributed by atoms with van der Waals surface area (Å²) >= 11 is 5.75. The third-order valence-corrected chi connectivity index (χ3v) is 4.24. The van der Waals surface area contributed by atoms with Crippen molar-refractivity contribution in [1.82, 2.24) is 4.98 Å². The molecule has 0 aliphatic heterocycles. The molecule has 1 atom stereocenters. The standard InChI is InChI=1S/C21H17ClN2O5/c1-12(25)14-3-5-15(6-4-14)17-8-9-18(29-17)21(27)28-13(2)20(26)24-19-10-7-16(22)11-23-19/h3-11,13H,1-2H3,(H,23,24,26)/t13-/m0/s1. The Labute approximate surface area is 171 Å². The lowest BCUT2D eigenvalue weighted by Crippen LogP contribution is -2.30. The van der Waals surface area contributed by atoms with Crippen LogP contribution >= 0.6 is 11.6 Å². The highest BCUT2D eigenvalue weighted by molar-refractivity contribution is 6.30. The van der Waals surface area contributed by atoms with Gasteiger partial charge in [0.05, 0.1) is 5.02 Å². The van der Waals surface area contributed by atoms with Crippen LogP contribution in [0.5, 0.6) is 0 Å². The zero-order chi connectivity index (χ0) is 21.0. The van der Waals surface area contributed by atoms with Crippen LogP contribution in [0.3, 0.4) is 0 Å². The summed E-state index contributed by atoms with van der Waals surface area (Å²) in [7, 11) is 0. The first kappa shape index (κ1) is 20.3. The van der Waals surface area contributed by atoms with E-state index in [-0.39, 0.29) is 17.4 Å². The van der Waals surface area contributed by atoms with Crippen LogP contribution < -0.4 is 5.32 Å². The van der Waals surface area contributed by atoms with Crippen molar-refractivity contribution < 1.29 is 23.5 Å². The molecule has 8 heteroatoms. The van der Waals surface area contributed by atoms with E-state index in [1.54, 1.807) is 36.4 Å². The second-order valence-corrected chi connectivity index (χ2v) is 6.63. The Kier molecular flexibility index (Phi) is 6.09. The third kappa shape index (κ3) is 5.08. The number of hydrogen-bond acceptors (Lipinski definition) is 6. The Morgan fingerprint density at radius 3 is 2.41 bits per heavy atom. The Morgan fingerprint density at radius 1 is 1.07 bits per heavy atom. The van der Waals surface area contributed by atoms with E-state index in [1.807, 2.05) is 0 Å². The molecule has 0 unspecified atom stereocenters. The quantitative estimate of drug-likeness (QED) is 0.476. The summed E-state index contributed by atoms with van der Waals surface area (Å²) < 4.78 is 10.7. The van der Waals surface area contributed by atoms with Crippen molar-refractivity contribution in [3.63, 3.8) is 0 Å². The van der Waals surface area contributed by atoms with Gasteiger partial charge in [0.1, 0.15) is 11.6 Å². The summed E-state index contributed by atoms with van der Waals surface area (Å²) in [5.74, 6) is -0.671. The molecule has 0 bridgehead atoms. The second-order valence-electron chi connectivity index (χ2n) is 6.20. The Morgan fingerprint density at radius 2 is 1.79 bits per heavy atom. The Bertz CT molecular complexity index is 1040. The average Bonchev–Trinajstić information content (AvgIpc) is 3.20. The van der Waals surface area contributed by atoms with Crippen LogP contribution in [0, 0.1) is 0 Å².